The molecule has 102 valence electrons. The lowest BCUT2D eigenvalue weighted by Crippen LogP contribution is -2.10. The van der Waals surface area contributed by atoms with Crippen LogP contribution < -0.4 is 0 Å². The molecule has 0 fully saturated rings. The monoisotopic (exact) mass is 282 g/mol. The van der Waals surface area contributed by atoms with E-state index in [9.17, 15) is 4.79 Å². The van der Waals surface area contributed by atoms with Crippen molar-refractivity contribution in [3.05, 3.63) is 29.0 Å². The Balaban J connectivity index is 2.34. The fourth-order valence-corrected chi connectivity index (χ4v) is 2.27. The minimum absolute atomic E-state index is 0.164. The van der Waals surface area contributed by atoms with Crippen molar-refractivity contribution in [3.63, 3.8) is 0 Å². The number of benzene rings is 1. The summed E-state index contributed by atoms with van der Waals surface area (Å²) in [6, 6.07) is 5.55. The van der Waals surface area contributed by atoms with E-state index in [-0.39, 0.29) is 13.2 Å². The number of imidazole rings is 1. The molecule has 0 bridgehead atoms. The highest BCUT2D eigenvalue weighted by Crippen LogP contribution is 2.25. The van der Waals surface area contributed by atoms with Gasteiger partial charge < -0.3 is 14.4 Å². The highest BCUT2D eigenvalue weighted by molar-refractivity contribution is 6.35. The Morgan fingerprint density at radius 2 is 2.32 bits per heavy atom. The molecule has 1 aromatic carbocycles. The van der Waals surface area contributed by atoms with Crippen LogP contribution in [0.25, 0.3) is 11.0 Å². The number of aliphatic carboxylic acids is 1. The number of para-hydroxylation sites is 1. The highest BCUT2D eigenvalue weighted by Gasteiger charge is 2.13. The summed E-state index contributed by atoms with van der Waals surface area (Å²) in [4.78, 5) is 14.9. The average Bonchev–Trinajstić information content (AvgIpc) is 2.69. The molecule has 2 aromatic rings. The fourth-order valence-electron chi connectivity index (χ4n) is 1.99. The summed E-state index contributed by atoms with van der Waals surface area (Å²) in [5.41, 5.74) is 1.68. The van der Waals surface area contributed by atoms with Gasteiger partial charge >= 0.3 is 5.97 Å². The number of aryl methyl sites for hydroxylation is 1. The van der Waals surface area contributed by atoms with E-state index < -0.39 is 5.97 Å². The van der Waals surface area contributed by atoms with E-state index in [4.69, 9.17) is 21.4 Å². The Kier molecular flexibility index (Phi) is 4.39. The van der Waals surface area contributed by atoms with Gasteiger partial charge in [-0.1, -0.05) is 24.6 Å². The number of hydrogen-bond donors (Lipinski definition) is 1. The number of hydrogen-bond acceptors (Lipinski definition) is 3. The van der Waals surface area contributed by atoms with Gasteiger partial charge in [0.15, 0.2) is 0 Å². The van der Waals surface area contributed by atoms with Crippen molar-refractivity contribution in [3.8, 4) is 0 Å². The number of aromatic nitrogens is 2. The molecule has 0 aliphatic carbocycles. The molecule has 0 saturated heterocycles. The lowest BCUT2D eigenvalue weighted by molar-refractivity contribution is -0.142. The third-order valence-corrected chi connectivity index (χ3v) is 3.01. The minimum Gasteiger partial charge on any atom is -0.480 e. The molecule has 19 heavy (non-hydrogen) atoms. The fraction of sp³-hybridized carbons (Fsp3) is 0.385. The first-order valence-electron chi connectivity index (χ1n) is 6.06. The Bertz CT molecular complexity index is 595. The van der Waals surface area contributed by atoms with Gasteiger partial charge in [0.05, 0.1) is 16.1 Å². The Morgan fingerprint density at radius 1 is 1.53 bits per heavy atom. The second kappa shape index (κ2) is 6.04. The Hall–Kier alpha value is -1.59. The Morgan fingerprint density at radius 3 is 3.00 bits per heavy atom. The smallest absolute Gasteiger partial charge is 0.329 e. The van der Waals surface area contributed by atoms with Gasteiger partial charge in [-0.05, 0) is 18.6 Å². The average molecular weight is 283 g/mol. The lowest BCUT2D eigenvalue weighted by Gasteiger charge is -2.08. The number of rotatable bonds is 6. The van der Waals surface area contributed by atoms with Gasteiger partial charge in [-0.25, -0.2) is 9.78 Å². The largest absolute Gasteiger partial charge is 0.480 e. The van der Waals surface area contributed by atoms with Crippen molar-refractivity contribution in [2.45, 2.75) is 26.5 Å². The van der Waals surface area contributed by atoms with Gasteiger partial charge in [0.25, 0.3) is 0 Å². The van der Waals surface area contributed by atoms with Gasteiger partial charge in [0, 0.05) is 6.54 Å². The quantitative estimate of drug-likeness (QED) is 0.885. The molecule has 0 saturated carbocycles. The lowest BCUT2D eigenvalue weighted by atomic mass is 10.3. The summed E-state index contributed by atoms with van der Waals surface area (Å²) in [5.74, 6) is -0.289. The van der Waals surface area contributed by atoms with Crippen LogP contribution in [-0.2, 0) is 22.7 Å². The molecule has 0 spiro atoms. The van der Waals surface area contributed by atoms with Crippen LogP contribution in [0, 0.1) is 0 Å². The maximum atomic E-state index is 10.5. The SMILES string of the molecule is CCCn1c(COCC(=O)O)nc2cccc(Cl)c21. The molecule has 2 rings (SSSR count). The van der Waals surface area contributed by atoms with Gasteiger partial charge in [0.2, 0.25) is 0 Å². The number of carbonyl (C=O) groups is 1. The summed E-state index contributed by atoms with van der Waals surface area (Å²) in [5, 5.41) is 9.22. The number of nitrogens with zero attached hydrogens (tertiary/aromatic N) is 2. The molecule has 6 heteroatoms. The van der Waals surface area contributed by atoms with Crippen molar-refractivity contribution in [1.29, 1.82) is 0 Å². The van der Waals surface area contributed by atoms with E-state index in [1.54, 1.807) is 0 Å². The van der Waals surface area contributed by atoms with Crippen LogP contribution in [0.4, 0.5) is 0 Å². The maximum Gasteiger partial charge on any atom is 0.329 e. The second-order valence-corrected chi connectivity index (χ2v) is 4.58. The van der Waals surface area contributed by atoms with Crippen LogP contribution >= 0.6 is 11.6 Å². The number of carboxylic acid groups (broad SMARTS) is 1. The molecular weight excluding hydrogens is 268 g/mol. The first-order chi connectivity index (χ1) is 9.13. The molecule has 0 radical (unpaired) electrons. The van der Waals surface area contributed by atoms with E-state index >= 15 is 0 Å². The van der Waals surface area contributed by atoms with Gasteiger partial charge in [-0.3, -0.25) is 0 Å². The van der Waals surface area contributed by atoms with Crippen molar-refractivity contribution in [2.24, 2.45) is 0 Å². The normalized spacial score (nSPS) is 11.1. The van der Waals surface area contributed by atoms with E-state index in [1.807, 2.05) is 22.8 Å². The van der Waals surface area contributed by atoms with E-state index in [0.717, 1.165) is 24.0 Å². The van der Waals surface area contributed by atoms with Crippen LogP contribution in [0.3, 0.4) is 0 Å². The van der Waals surface area contributed by atoms with E-state index in [0.29, 0.717) is 10.8 Å². The number of carboxylic acids is 1. The molecule has 5 nitrogen and oxygen atoms in total. The first kappa shape index (κ1) is 13.8. The molecule has 0 unspecified atom stereocenters. The number of halogens is 1. The minimum atomic E-state index is -0.990. The second-order valence-electron chi connectivity index (χ2n) is 4.17. The predicted octanol–water partition coefficient (Wildman–Crippen LogP) is 2.70. The zero-order valence-corrected chi connectivity index (χ0v) is 11.4. The van der Waals surface area contributed by atoms with Crippen molar-refractivity contribution in [1.82, 2.24) is 9.55 Å². The van der Waals surface area contributed by atoms with E-state index in [1.165, 1.54) is 0 Å². The topological polar surface area (TPSA) is 64.3 Å². The van der Waals surface area contributed by atoms with Crippen LogP contribution in [-0.4, -0.2) is 27.2 Å². The van der Waals surface area contributed by atoms with Gasteiger partial charge in [-0.2, -0.15) is 0 Å². The summed E-state index contributed by atoms with van der Waals surface area (Å²) in [6.45, 7) is 2.66. The van der Waals surface area contributed by atoms with Gasteiger partial charge in [0.1, 0.15) is 19.0 Å². The summed E-state index contributed by atoms with van der Waals surface area (Å²) in [6.07, 6.45) is 0.933. The van der Waals surface area contributed by atoms with E-state index in [2.05, 4.69) is 11.9 Å². The first-order valence-corrected chi connectivity index (χ1v) is 6.44. The van der Waals surface area contributed by atoms with Crippen LogP contribution in [0.5, 0.6) is 0 Å². The van der Waals surface area contributed by atoms with Crippen LogP contribution in [0.15, 0.2) is 18.2 Å². The van der Waals surface area contributed by atoms with Crippen molar-refractivity contribution < 1.29 is 14.6 Å². The molecule has 0 aliphatic rings. The standard InChI is InChI=1S/C13H15ClN2O3/c1-2-6-16-11(7-19-8-12(17)18)15-10-5-3-4-9(14)13(10)16/h3-5H,2,6-8H2,1H3,(H,17,18). The molecule has 1 aromatic heterocycles. The molecule has 0 atom stereocenters. The number of ether oxygens (including phenoxy) is 1. The summed E-state index contributed by atoms with van der Waals surface area (Å²) >= 11 is 6.20. The zero-order valence-electron chi connectivity index (χ0n) is 10.6. The van der Waals surface area contributed by atoms with Crippen molar-refractivity contribution in [2.75, 3.05) is 6.61 Å². The predicted molar refractivity (Wildman–Crippen MR) is 72.3 cm³/mol. The molecular formula is C13H15ClN2O3. The third kappa shape index (κ3) is 3.05. The van der Waals surface area contributed by atoms with Crippen LogP contribution in [0.1, 0.15) is 19.2 Å². The highest BCUT2D eigenvalue weighted by atomic mass is 35.5. The summed E-state index contributed by atoms with van der Waals surface area (Å²) in [7, 11) is 0. The summed E-state index contributed by atoms with van der Waals surface area (Å²) < 4.78 is 7.10. The zero-order chi connectivity index (χ0) is 13.8. The third-order valence-electron chi connectivity index (χ3n) is 2.70. The van der Waals surface area contributed by atoms with Crippen molar-refractivity contribution >= 4 is 28.6 Å². The molecule has 1 N–H and O–H groups in total. The Labute approximate surface area is 115 Å². The number of fused-ring (bicyclic) bond motifs is 1. The van der Waals surface area contributed by atoms with Crippen LogP contribution in [0.2, 0.25) is 5.02 Å². The molecule has 0 amide bonds. The maximum absolute atomic E-state index is 10.5. The van der Waals surface area contributed by atoms with Gasteiger partial charge in [-0.15, -0.1) is 0 Å². The molecule has 0 aliphatic heterocycles. The molecule has 1 heterocycles.